The highest BCUT2D eigenvalue weighted by Gasteiger charge is 2.01. The zero-order valence-corrected chi connectivity index (χ0v) is 18.8. The van der Waals surface area contributed by atoms with Gasteiger partial charge < -0.3 is 24.8 Å². The second kappa shape index (κ2) is 15.0. The Kier molecular flexibility index (Phi) is 12.9. The summed E-state index contributed by atoms with van der Waals surface area (Å²) in [5, 5.41) is 6.54. The van der Waals surface area contributed by atoms with Gasteiger partial charge >= 0.3 is 0 Å². The zero-order valence-electron chi connectivity index (χ0n) is 16.5. The average Bonchev–Trinajstić information content (AvgIpc) is 2.72. The monoisotopic (exact) mass is 499 g/mol. The molecule has 2 N–H and O–H groups in total. The fourth-order valence-electron chi connectivity index (χ4n) is 2.40. The Hall–Kier alpha value is -2.00. The van der Waals surface area contributed by atoms with Crippen LogP contribution in [0.15, 0.2) is 59.6 Å². The average molecular weight is 499 g/mol. The highest BCUT2D eigenvalue weighted by molar-refractivity contribution is 14.0. The van der Waals surface area contributed by atoms with E-state index in [1.54, 1.807) is 14.2 Å². The van der Waals surface area contributed by atoms with Crippen molar-refractivity contribution in [3.63, 3.8) is 0 Å². The van der Waals surface area contributed by atoms with Crippen LogP contribution >= 0.6 is 24.0 Å². The maximum Gasteiger partial charge on any atom is 0.191 e. The molecule has 6 nitrogen and oxygen atoms in total. The maximum atomic E-state index is 5.73. The quantitative estimate of drug-likeness (QED) is 0.215. The Labute approximate surface area is 184 Å². The Morgan fingerprint density at radius 2 is 1.64 bits per heavy atom. The number of ether oxygens (including phenoxy) is 3. The van der Waals surface area contributed by atoms with Crippen molar-refractivity contribution in [2.24, 2.45) is 4.99 Å². The first-order valence-electron chi connectivity index (χ1n) is 9.15. The fourth-order valence-corrected chi connectivity index (χ4v) is 2.40. The van der Waals surface area contributed by atoms with E-state index < -0.39 is 0 Å². The second-order valence-electron chi connectivity index (χ2n) is 5.86. The molecule has 2 aromatic rings. The van der Waals surface area contributed by atoms with Crippen LogP contribution in [0.5, 0.6) is 11.5 Å². The molecule has 0 spiro atoms. The third kappa shape index (κ3) is 9.80. The first kappa shape index (κ1) is 24.0. The van der Waals surface area contributed by atoms with Crippen LogP contribution in [0.1, 0.15) is 12.0 Å². The predicted molar refractivity (Wildman–Crippen MR) is 124 cm³/mol. The molecule has 28 heavy (non-hydrogen) atoms. The van der Waals surface area contributed by atoms with Crippen LogP contribution in [0.2, 0.25) is 0 Å². The van der Waals surface area contributed by atoms with Crippen LogP contribution in [-0.2, 0) is 11.3 Å². The van der Waals surface area contributed by atoms with E-state index in [-0.39, 0.29) is 24.0 Å². The lowest BCUT2D eigenvalue weighted by Crippen LogP contribution is -2.38. The van der Waals surface area contributed by atoms with Gasteiger partial charge in [0.2, 0.25) is 0 Å². The predicted octanol–water partition coefficient (Wildman–Crippen LogP) is 3.46. The van der Waals surface area contributed by atoms with E-state index in [0.717, 1.165) is 29.4 Å². The number of benzene rings is 2. The minimum absolute atomic E-state index is 0. The number of methoxy groups -OCH3 is 1. The smallest absolute Gasteiger partial charge is 0.191 e. The Bertz CT molecular complexity index is 684. The molecule has 0 fully saturated rings. The van der Waals surface area contributed by atoms with Gasteiger partial charge in [0.15, 0.2) is 5.96 Å². The number of nitrogens with zero attached hydrogens (tertiary/aromatic N) is 1. The van der Waals surface area contributed by atoms with Crippen molar-refractivity contribution >= 4 is 29.9 Å². The molecule has 0 saturated carbocycles. The topological polar surface area (TPSA) is 64.1 Å². The van der Waals surface area contributed by atoms with Crippen LogP contribution < -0.4 is 20.1 Å². The summed E-state index contributed by atoms with van der Waals surface area (Å²) in [6.45, 7) is 3.24. The van der Waals surface area contributed by atoms with Gasteiger partial charge in [-0.25, -0.2) is 0 Å². The number of aliphatic imine (C=N–C) groups is 1. The minimum Gasteiger partial charge on any atom is -0.493 e. The van der Waals surface area contributed by atoms with Crippen molar-refractivity contribution in [2.75, 3.05) is 40.5 Å². The van der Waals surface area contributed by atoms with Gasteiger partial charge in [0.05, 0.1) is 13.2 Å². The first-order chi connectivity index (χ1) is 13.3. The minimum atomic E-state index is 0. The van der Waals surface area contributed by atoms with E-state index in [9.17, 15) is 0 Å². The number of hydrogen-bond donors (Lipinski definition) is 2. The summed E-state index contributed by atoms with van der Waals surface area (Å²) in [5.41, 5.74) is 1.13. The van der Waals surface area contributed by atoms with E-state index in [1.807, 2.05) is 48.5 Å². The van der Waals surface area contributed by atoms with E-state index in [1.165, 1.54) is 0 Å². The lowest BCUT2D eigenvalue weighted by molar-refractivity contribution is 0.172. The van der Waals surface area contributed by atoms with Crippen molar-refractivity contribution in [3.05, 3.63) is 60.2 Å². The lowest BCUT2D eigenvalue weighted by atomic mass is 10.2. The fraction of sp³-hybridized carbons (Fsp3) is 0.381. The number of para-hydroxylation sites is 1. The molecular weight excluding hydrogens is 469 g/mol. The Balaban J connectivity index is 0.00000392. The molecule has 0 aliphatic heterocycles. The zero-order chi connectivity index (χ0) is 19.2. The number of rotatable bonds is 11. The molecule has 0 radical (unpaired) electrons. The van der Waals surface area contributed by atoms with Crippen molar-refractivity contribution in [1.29, 1.82) is 0 Å². The summed E-state index contributed by atoms with van der Waals surface area (Å²) in [6, 6.07) is 17.8. The molecule has 2 rings (SSSR count). The molecule has 0 atom stereocenters. The summed E-state index contributed by atoms with van der Waals surface area (Å²) >= 11 is 0. The highest BCUT2D eigenvalue weighted by Crippen LogP contribution is 2.13. The van der Waals surface area contributed by atoms with Crippen LogP contribution in [0, 0.1) is 0 Å². The summed E-state index contributed by atoms with van der Waals surface area (Å²) in [5.74, 6) is 2.47. The van der Waals surface area contributed by atoms with Gasteiger partial charge in [-0.1, -0.05) is 30.3 Å². The number of guanidine groups is 1. The van der Waals surface area contributed by atoms with Gasteiger partial charge in [-0.3, -0.25) is 4.99 Å². The molecule has 0 heterocycles. The van der Waals surface area contributed by atoms with Crippen LogP contribution in [-0.4, -0.2) is 46.5 Å². The van der Waals surface area contributed by atoms with E-state index >= 15 is 0 Å². The molecule has 154 valence electrons. The van der Waals surface area contributed by atoms with Gasteiger partial charge in [-0.2, -0.15) is 0 Å². The van der Waals surface area contributed by atoms with Gasteiger partial charge in [0.25, 0.3) is 0 Å². The van der Waals surface area contributed by atoms with Gasteiger partial charge in [0, 0.05) is 33.7 Å². The largest absolute Gasteiger partial charge is 0.493 e. The normalized spacial score (nSPS) is 10.7. The van der Waals surface area contributed by atoms with Crippen molar-refractivity contribution in [3.8, 4) is 11.5 Å². The molecule has 0 aliphatic rings. The number of halogens is 1. The molecule has 2 aromatic carbocycles. The third-order valence-electron chi connectivity index (χ3n) is 3.75. The Morgan fingerprint density at radius 3 is 2.39 bits per heavy atom. The van der Waals surface area contributed by atoms with E-state index in [0.29, 0.717) is 32.9 Å². The molecule has 0 saturated heterocycles. The van der Waals surface area contributed by atoms with Gasteiger partial charge in [0.1, 0.15) is 18.1 Å². The van der Waals surface area contributed by atoms with Crippen LogP contribution in [0.25, 0.3) is 0 Å². The standard InChI is InChI=1S/C21H29N3O3.HI/c1-22-21(23-12-15-27-19-9-4-3-5-10-19)24-17-18-8-6-11-20(16-18)26-14-7-13-25-2;/h3-6,8-11,16H,7,12-15,17H2,1-2H3,(H2,22,23,24);1H. The van der Waals surface area contributed by atoms with E-state index in [4.69, 9.17) is 14.2 Å². The summed E-state index contributed by atoms with van der Waals surface area (Å²) < 4.78 is 16.4. The Morgan fingerprint density at radius 1 is 0.893 bits per heavy atom. The molecule has 0 amide bonds. The molecule has 7 heteroatoms. The van der Waals surface area contributed by atoms with Crippen molar-refractivity contribution in [2.45, 2.75) is 13.0 Å². The highest BCUT2D eigenvalue weighted by atomic mass is 127. The van der Waals surface area contributed by atoms with E-state index in [2.05, 4.69) is 21.7 Å². The van der Waals surface area contributed by atoms with Crippen molar-refractivity contribution in [1.82, 2.24) is 10.6 Å². The first-order valence-corrected chi connectivity index (χ1v) is 9.15. The summed E-state index contributed by atoms with van der Waals surface area (Å²) in [6.07, 6.45) is 0.876. The molecular formula is C21H30IN3O3. The summed E-state index contributed by atoms with van der Waals surface area (Å²) in [7, 11) is 3.45. The molecule has 0 aromatic heterocycles. The molecule has 0 aliphatic carbocycles. The lowest BCUT2D eigenvalue weighted by Gasteiger charge is -2.13. The molecule has 0 bridgehead atoms. The summed E-state index contributed by atoms with van der Waals surface area (Å²) in [4.78, 5) is 4.23. The van der Waals surface area contributed by atoms with Crippen LogP contribution in [0.4, 0.5) is 0 Å². The number of hydrogen-bond acceptors (Lipinski definition) is 4. The second-order valence-corrected chi connectivity index (χ2v) is 5.86. The third-order valence-corrected chi connectivity index (χ3v) is 3.75. The van der Waals surface area contributed by atoms with Crippen molar-refractivity contribution < 1.29 is 14.2 Å². The maximum absolute atomic E-state index is 5.73. The van der Waals surface area contributed by atoms with Gasteiger partial charge in [-0.05, 0) is 29.8 Å². The number of nitrogens with one attached hydrogen (secondary N) is 2. The SMILES string of the molecule is CN=C(NCCOc1ccccc1)NCc1cccc(OCCCOC)c1.I. The van der Waals surface area contributed by atoms with Gasteiger partial charge in [-0.15, -0.1) is 24.0 Å². The molecule has 0 unspecified atom stereocenters. The van der Waals surface area contributed by atoms with Crippen LogP contribution in [0.3, 0.4) is 0 Å².